The molecule has 0 heterocycles. The first-order chi connectivity index (χ1) is 9.47. The van der Waals surface area contributed by atoms with Crippen LogP contribution in [-0.4, -0.2) is 5.91 Å². The predicted octanol–water partition coefficient (Wildman–Crippen LogP) is 3.93. The molecule has 0 spiro atoms. The van der Waals surface area contributed by atoms with E-state index in [1.54, 1.807) is 18.2 Å². The molecule has 0 saturated carbocycles. The smallest absolute Gasteiger partial charge is 0.228 e. The highest BCUT2D eigenvalue weighted by Crippen LogP contribution is 2.22. The standard InChI is InChI=1S/C17H18FNO/c1-11-8-12(2)17(13(3)9-11)19-16(20)10-14-6-4-5-7-15(14)18/h4-9H,10H2,1-3H3,(H,19,20). The van der Waals surface area contributed by atoms with Crippen molar-refractivity contribution >= 4 is 11.6 Å². The number of hydrogen-bond acceptors (Lipinski definition) is 1. The van der Waals surface area contributed by atoms with Crippen LogP contribution >= 0.6 is 0 Å². The summed E-state index contributed by atoms with van der Waals surface area (Å²) in [6.45, 7) is 5.93. The fraction of sp³-hybridized carbons (Fsp3) is 0.235. The third-order valence-electron chi connectivity index (χ3n) is 3.25. The van der Waals surface area contributed by atoms with E-state index >= 15 is 0 Å². The first-order valence-electron chi connectivity index (χ1n) is 6.58. The fourth-order valence-corrected chi connectivity index (χ4v) is 2.38. The summed E-state index contributed by atoms with van der Waals surface area (Å²) >= 11 is 0. The van der Waals surface area contributed by atoms with E-state index in [0.717, 1.165) is 22.4 Å². The van der Waals surface area contributed by atoms with Gasteiger partial charge in [0.2, 0.25) is 5.91 Å². The minimum Gasteiger partial charge on any atom is -0.325 e. The van der Waals surface area contributed by atoms with Crippen molar-refractivity contribution in [3.63, 3.8) is 0 Å². The van der Waals surface area contributed by atoms with Crippen LogP contribution in [0.1, 0.15) is 22.3 Å². The van der Waals surface area contributed by atoms with E-state index in [1.807, 2.05) is 32.9 Å². The van der Waals surface area contributed by atoms with E-state index in [1.165, 1.54) is 6.07 Å². The van der Waals surface area contributed by atoms with Gasteiger partial charge in [-0.25, -0.2) is 4.39 Å². The minimum atomic E-state index is -0.347. The van der Waals surface area contributed by atoms with Gasteiger partial charge in [-0.15, -0.1) is 0 Å². The van der Waals surface area contributed by atoms with Gasteiger partial charge in [-0.1, -0.05) is 35.9 Å². The molecule has 0 fully saturated rings. The summed E-state index contributed by atoms with van der Waals surface area (Å²) < 4.78 is 13.5. The van der Waals surface area contributed by atoms with E-state index in [-0.39, 0.29) is 18.1 Å². The monoisotopic (exact) mass is 271 g/mol. The Morgan fingerprint density at radius 2 is 1.70 bits per heavy atom. The summed E-state index contributed by atoms with van der Waals surface area (Å²) in [6, 6.07) is 10.4. The van der Waals surface area contributed by atoms with Crippen LogP contribution in [-0.2, 0) is 11.2 Å². The molecule has 0 aromatic heterocycles. The van der Waals surface area contributed by atoms with E-state index in [4.69, 9.17) is 0 Å². The topological polar surface area (TPSA) is 29.1 Å². The molecule has 1 N–H and O–H groups in total. The third kappa shape index (κ3) is 3.23. The van der Waals surface area contributed by atoms with Gasteiger partial charge in [0.1, 0.15) is 5.82 Å². The minimum absolute atomic E-state index is 0.0411. The largest absolute Gasteiger partial charge is 0.325 e. The maximum absolute atomic E-state index is 13.5. The van der Waals surface area contributed by atoms with Gasteiger partial charge in [0.05, 0.1) is 6.42 Å². The summed E-state index contributed by atoms with van der Waals surface area (Å²) in [5, 5.41) is 2.88. The van der Waals surface area contributed by atoms with Crippen LogP contribution in [0.4, 0.5) is 10.1 Å². The van der Waals surface area contributed by atoms with Crippen molar-refractivity contribution in [1.29, 1.82) is 0 Å². The highest BCUT2D eigenvalue weighted by atomic mass is 19.1. The Morgan fingerprint density at radius 3 is 2.30 bits per heavy atom. The Bertz CT molecular complexity index is 626. The molecule has 2 nitrogen and oxygen atoms in total. The second-order valence-corrected chi connectivity index (χ2v) is 5.09. The number of benzene rings is 2. The lowest BCUT2D eigenvalue weighted by Gasteiger charge is -2.13. The highest BCUT2D eigenvalue weighted by Gasteiger charge is 2.11. The number of rotatable bonds is 3. The number of hydrogen-bond donors (Lipinski definition) is 1. The van der Waals surface area contributed by atoms with E-state index in [2.05, 4.69) is 5.32 Å². The predicted molar refractivity (Wildman–Crippen MR) is 79.4 cm³/mol. The second-order valence-electron chi connectivity index (χ2n) is 5.09. The number of carbonyl (C=O) groups is 1. The average molecular weight is 271 g/mol. The molecule has 1 amide bonds. The maximum atomic E-state index is 13.5. The Balaban J connectivity index is 2.15. The Hall–Kier alpha value is -2.16. The molecule has 0 atom stereocenters. The lowest BCUT2D eigenvalue weighted by Crippen LogP contribution is -2.16. The zero-order chi connectivity index (χ0) is 14.7. The number of nitrogens with one attached hydrogen (secondary N) is 1. The SMILES string of the molecule is Cc1cc(C)c(NC(=O)Cc2ccccc2F)c(C)c1. The van der Waals surface area contributed by atoms with Gasteiger partial charge in [0.25, 0.3) is 0 Å². The van der Waals surface area contributed by atoms with Crippen LogP contribution in [0.5, 0.6) is 0 Å². The highest BCUT2D eigenvalue weighted by molar-refractivity contribution is 5.93. The second kappa shape index (κ2) is 5.87. The molecule has 0 unspecified atom stereocenters. The average Bonchev–Trinajstić information content (AvgIpc) is 2.36. The van der Waals surface area contributed by atoms with Crippen LogP contribution in [0, 0.1) is 26.6 Å². The molecular weight excluding hydrogens is 253 g/mol. The Labute approximate surface area is 118 Å². The quantitative estimate of drug-likeness (QED) is 0.900. The number of amides is 1. The molecule has 3 heteroatoms. The Morgan fingerprint density at radius 1 is 1.10 bits per heavy atom. The van der Waals surface area contributed by atoms with Gasteiger partial charge in [-0.2, -0.15) is 0 Å². The van der Waals surface area contributed by atoms with Gasteiger partial charge in [0.15, 0.2) is 0 Å². The molecule has 2 rings (SSSR count). The van der Waals surface area contributed by atoms with Gasteiger partial charge >= 0.3 is 0 Å². The summed E-state index contributed by atoms with van der Waals surface area (Å²) in [5.74, 6) is -0.551. The van der Waals surface area contributed by atoms with Gasteiger partial charge in [-0.3, -0.25) is 4.79 Å². The fourth-order valence-electron chi connectivity index (χ4n) is 2.38. The van der Waals surface area contributed by atoms with Crippen molar-refractivity contribution in [3.8, 4) is 0 Å². The normalized spacial score (nSPS) is 10.4. The molecule has 0 aliphatic carbocycles. The van der Waals surface area contributed by atoms with E-state index < -0.39 is 0 Å². The van der Waals surface area contributed by atoms with E-state index in [0.29, 0.717) is 5.56 Å². The molecule has 2 aromatic rings. The van der Waals surface area contributed by atoms with Crippen LogP contribution in [0.3, 0.4) is 0 Å². The Kier molecular flexibility index (Phi) is 4.18. The zero-order valence-electron chi connectivity index (χ0n) is 12.0. The van der Waals surface area contributed by atoms with Crippen molar-refractivity contribution in [3.05, 3.63) is 64.5 Å². The summed E-state index contributed by atoms with van der Waals surface area (Å²) in [5.41, 5.74) is 4.42. The number of carbonyl (C=O) groups excluding carboxylic acids is 1. The molecule has 0 bridgehead atoms. The first kappa shape index (κ1) is 14.3. The number of halogens is 1. The van der Waals surface area contributed by atoms with Crippen LogP contribution in [0.15, 0.2) is 36.4 Å². The van der Waals surface area contributed by atoms with Gasteiger partial charge in [0, 0.05) is 5.69 Å². The van der Waals surface area contributed by atoms with Crippen molar-refractivity contribution in [2.45, 2.75) is 27.2 Å². The molecular formula is C17H18FNO. The first-order valence-corrected chi connectivity index (χ1v) is 6.58. The van der Waals surface area contributed by atoms with Crippen molar-refractivity contribution in [1.82, 2.24) is 0 Å². The molecule has 0 saturated heterocycles. The van der Waals surface area contributed by atoms with Crippen LogP contribution in [0.25, 0.3) is 0 Å². The molecule has 104 valence electrons. The molecule has 0 aliphatic rings. The third-order valence-corrected chi connectivity index (χ3v) is 3.25. The molecule has 0 radical (unpaired) electrons. The molecule has 0 aliphatic heterocycles. The van der Waals surface area contributed by atoms with Crippen LogP contribution in [0.2, 0.25) is 0 Å². The lowest BCUT2D eigenvalue weighted by atomic mass is 10.0. The zero-order valence-corrected chi connectivity index (χ0v) is 12.0. The number of aryl methyl sites for hydroxylation is 3. The summed E-state index contributed by atoms with van der Waals surface area (Å²) in [6.07, 6.45) is 0.0411. The summed E-state index contributed by atoms with van der Waals surface area (Å²) in [7, 11) is 0. The molecule has 20 heavy (non-hydrogen) atoms. The number of anilines is 1. The van der Waals surface area contributed by atoms with Gasteiger partial charge in [-0.05, 0) is 43.5 Å². The van der Waals surface area contributed by atoms with E-state index in [9.17, 15) is 9.18 Å². The van der Waals surface area contributed by atoms with Crippen molar-refractivity contribution in [2.75, 3.05) is 5.32 Å². The van der Waals surface area contributed by atoms with Crippen molar-refractivity contribution < 1.29 is 9.18 Å². The molecule has 2 aromatic carbocycles. The summed E-state index contributed by atoms with van der Waals surface area (Å²) in [4.78, 5) is 12.0. The van der Waals surface area contributed by atoms with Crippen molar-refractivity contribution in [2.24, 2.45) is 0 Å². The lowest BCUT2D eigenvalue weighted by molar-refractivity contribution is -0.115. The van der Waals surface area contributed by atoms with Crippen LogP contribution < -0.4 is 5.32 Å². The maximum Gasteiger partial charge on any atom is 0.228 e. The van der Waals surface area contributed by atoms with Gasteiger partial charge < -0.3 is 5.32 Å².